The van der Waals surface area contributed by atoms with E-state index in [4.69, 9.17) is 0 Å². The molecule has 1 aromatic carbocycles. The summed E-state index contributed by atoms with van der Waals surface area (Å²) < 4.78 is 41.0. The number of thiophene rings is 1. The van der Waals surface area contributed by atoms with Crippen LogP contribution in [-0.2, 0) is 30.7 Å². The lowest BCUT2D eigenvalue weighted by molar-refractivity contribution is -0.112. The van der Waals surface area contributed by atoms with Crippen molar-refractivity contribution < 1.29 is 22.8 Å². The molecule has 202 valence electrons. The number of rotatable bonds is 6. The van der Waals surface area contributed by atoms with Crippen molar-refractivity contribution in [2.75, 3.05) is 5.32 Å². The Morgan fingerprint density at radius 1 is 1.25 bits per heavy atom. The second-order valence-electron chi connectivity index (χ2n) is 9.42. The summed E-state index contributed by atoms with van der Waals surface area (Å²) in [6, 6.07) is 8.01. The first-order valence-corrected chi connectivity index (χ1v) is 13.1. The van der Waals surface area contributed by atoms with E-state index < -0.39 is 35.2 Å². The number of allylic oxidation sites excluding steroid dienone is 2. The van der Waals surface area contributed by atoms with E-state index in [9.17, 15) is 28.0 Å². The average molecular weight is 562 g/mol. The molecule has 0 bridgehead atoms. The molecule has 1 aliphatic carbocycles. The average Bonchev–Trinajstić information content (AvgIpc) is 3.51. The van der Waals surface area contributed by atoms with Gasteiger partial charge in [0.1, 0.15) is 22.5 Å². The van der Waals surface area contributed by atoms with Crippen LogP contribution in [0.3, 0.4) is 0 Å². The van der Waals surface area contributed by atoms with Crippen LogP contribution in [0.4, 0.5) is 18.2 Å². The number of fused-ring (bicyclic) bond motifs is 2. The number of hydrogen-bond acceptors (Lipinski definition) is 6. The Labute approximate surface area is 232 Å². The van der Waals surface area contributed by atoms with Crippen LogP contribution in [0.5, 0.6) is 0 Å². The molecule has 3 heterocycles. The lowest BCUT2D eigenvalue weighted by atomic mass is 9.80. The van der Waals surface area contributed by atoms with Gasteiger partial charge < -0.3 is 10.2 Å². The van der Waals surface area contributed by atoms with Crippen molar-refractivity contribution in [2.24, 2.45) is 0 Å². The van der Waals surface area contributed by atoms with Gasteiger partial charge in [0.15, 0.2) is 0 Å². The zero-order chi connectivity index (χ0) is 28.6. The zero-order valence-electron chi connectivity index (χ0n) is 21.1. The topological polar surface area (TPSA) is 99.0 Å². The van der Waals surface area contributed by atoms with Gasteiger partial charge in [-0.2, -0.15) is 19.0 Å². The molecule has 11 heteroatoms. The van der Waals surface area contributed by atoms with Gasteiger partial charge in [0.2, 0.25) is 5.95 Å². The molecule has 3 aromatic rings. The number of amides is 2. The summed E-state index contributed by atoms with van der Waals surface area (Å²) in [6.07, 6.45) is 4.06. The minimum Gasteiger partial charge on any atom is -0.330 e. The largest absolute Gasteiger partial charge is 0.330 e. The highest BCUT2D eigenvalue weighted by Gasteiger charge is 2.33. The number of hydrogen-bond donors (Lipinski definition) is 1. The number of carbonyl (C=O) groups excluding carboxylic acids is 2. The number of anilines is 1. The minimum absolute atomic E-state index is 0.0824. The summed E-state index contributed by atoms with van der Waals surface area (Å²) in [5.74, 6) is -3.36. The van der Waals surface area contributed by atoms with E-state index in [1.807, 2.05) is 18.2 Å². The molecular weight excluding hydrogens is 539 g/mol. The Morgan fingerprint density at radius 3 is 2.75 bits per heavy atom. The van der Waals surface area contributed by atoms with E-state index in [2.05, 4.69) is 34.5 Å². The van der Waals surface area contributed by atoms with E-state index in [0.717, 1.165) is 39.7 Å². The van der Waals surface area contributed by atoms with E-state index in [-0.39, 0.29) is 24.6 Å². The van der Waals surface area contributed by atoms with Crippen LogP contribution in [0.15, 0.2) is 61.1 Å². The van der Waals surface area contributed by atoms with Gasteiger partial charge in [0.25, 0.3) is 11.8 Å². The van der Waals surface area contributed by atoms with Crippen LogP contribution in [0.25, 0.3) is 0 Å². The summed E-state index contributed by atoms with van der Waals surface area (Å²) in [6.45, 7) is 7.20. The molecule has 40 heavy (non-hydrogen) atoms. The molecule has 1 unspecified atom stereocenters. The molecule has 7 nitrogen and oxygen atoms in total. The smallest absolute Gasteiger partial charge is 0.311 e. The number of carbonyl (C=O) groups is 2. The van der Waals surface area contributed by atoms with Crippen LogP contribution >= 0.6 is 11.3 Å². The SMILES string of the molecule is C=CC=C(C(=C)F)C(=O)Nc1sc2c(c1C#N)CCC(c1cccc3c1CN(C(=O)c1cnc(F)nc1F)C3)C2. The number of nitrogens with zero attached hydrogens (tertiary/aromatic N) is 4. The summed E-state index contributed by atoms with van der Waals surface area (Å²) in [4.78, 5) is 34.4. The molecule has 0 radical (unpaired) electrons. The van der Waals surface area contributed by atoms with Gasteiger partial charge in [0.05, 0.1) is 11.1 Å². The summed E-state index contributed by atoms with van der Waals surface area (Å²) in [5.41, 5.74) is 3.53. The van der Waals surface area contributed by atoms with E-state index in [1.165, 1.54) is 28.4 Å². The maximum atomic E-state index is 14.1. The number of aromatic nitrogens is 2. The van der Waals surface area contributed by atoms with Crippen LogP contribution in [0.2, 0.25) is 0 Å². The third-order valence-corrected chi connectivity index (χ3v) is 8.29. The van der Waals surface area contributed by atoms with E-state index in [0.29, 0.717) is 23.4 Å². The third kappa shape index (κ3) is 4.94. The van der Waals surface area contributed by atoms with Crippen LogP contribution in [0.1, 0.15) is 55.4 Å². The first-order chi connectivity index (χ1) is 19.2. The Hall–Kier alpha value is -4.56. The van der Waals surface area contributed by atoms with Gasteiger partial charge >= 0.3 is 6.08 Å². The lowest BCUT2D eigenvalue weighted by Gasteiger charge is -2.25. The van der Waals surface area contributed by atoms with Gasteiger partial charge in [-0.15, -0.1) is 11.3 Å². The maximum Gasteiger partial charge on any atom is 0.311 e. The molecule has 0 spiro atoms. The fourth-order valence-corrected chi connectivity index (χ4v) is 6.54. The van der Waals surface area contributed by atoms with Crippen LogP contribution < -0.4 is 5.32 Å². The molecule has 0 saturated heterocycles. The minimum atomic E-state index is -1.24. The van der Waals surface area contributed by atoms with Crippen LogP contribution in [0, 0.1) is 23.4 Å². The van der Waals surface area contributed by atoms with Gasteiger partial charge in [-0.3, -0.25) is 9.59 Å². The Morgan fingerprint density at radius 2 is 2.05 bits per heavy atom. The molecule has 2 amide bonds. The fourth-order valence-electron chi connectivity index (χ4n) is 5.26. The van der Waals surface area contributed by atoms with Crippen molar-refractivity contribution in [3.8, 4) is 6.07 Å². The molecule has 0 saturated carbocycles. The number of nitrogens with one attached hydrogen (secondary N) is 1. The lowest BCUT2D eigenvalue weighted by Crippen LogP contribution is -2.27. The molecular formula is C29H22F3N5O2S. The third-order valence-electron chi connectivity index (χ3n) is 7.12. The summed E-state index contributed by atoms with van der Waals surface area (Å²) in [5, 5.41) is 12.8. The Kier molecular flexibility index (Phi) is 7.36. The van der Waals surface area contributed by atoms with Crippen LogP contribution in [-0.4, -0.2) is 26.7 Å². The molecule has 1 N–H and O–H groups in total. The van der Waals surface area contributed by atoms with Crippen molar-refractivity contribution in [1.29, 1.82) is 5.26 Å². The predicted molar refractivity (Wildman–Crippen MR) is 143 cm³/mol. The molecule has 2 aliphatic rings. The van der Waals surface area contributed by atoms with E-state index in [1.54, 1.807) is 0 Å². The molecule has 1 aliphatic heterocycles. The molecule has 1 atom stereocenters. The predicted octanol–water partition coefficient (Wildman–Crippen LogP) is 5.65. The van der Waals surface area contributed by atoms with Gasteiger partial charge in [-0.1, -0.05) is 37.4 Å². The van der Waals surface area contributed by atoms with Gasteiger partial charge in [-0.25, -0.2) is 9.37 Å². The normalized spacial score (nSPS) is 16.1. The maximum absolute atomic E-state index is 14.1. The van der Waals surface area contributed by atoms with E-state index >= 15 is 0 Å². The zero-order valence-corrected chi connectivity index (χ0v) is 22.0. The highest BCUT2D eigenvalue weighted by atomic mass is 32.1. The first-order valence-electron chi connectivity index (χ1n) is 12.3. The number of benzene rings is 1. The van der Waals surface area contributed by atoms with Crippen molar-refractivity contribution in [2.45, 2.75) is 38.3 Å². The van der Waals surface area contributed by atoms with Gasteiger partial charge in [0, 0.05) is 24.2 Å². The Bertz CT molecular complexity index is 1660. The fraction of sp³-hybridized carbons (Fsp3) is 0.207. The molecule has 0 fully saturated rings. The number of nitriles is 1. The van der Waals surface area contributed by atoms with Gasteiger partial charge in [-0.05, 0) is 53.5 Å². The highest BCUT2D eigenvalue weighted by Crippen LogP contribution is 2.44. The van der Waals surface area contributed by atoms with Crippen molar-refractivity contribution >= 4 is 28.2 Å². The van der Waals surface area contributed by atoms with Crippen molar-refractivity contribution in [3.05, 3.63) is 111 Å². The second-order valence-corrected chi connectivity index (χ2v) is 10.5. The van der Waals surface area contributed by atoms with Crippen molar-refractivity contribution in [1.82, 2.24) is 14.9 Å². The first kappa shape index (κ1) is 27.0. The Balaban J connectivity index is 1.38. The highest BCUT2D eigenvalue weighted by molar-refractivity contribution is 7.16. The molecule has 2 aromatic heterocycles. The standard InChI is InChI=1S/C29H22F3N5O2S/c1-3-5-18(15(2)30)26(38)36-27-21(11-33)20-9-8-16(10-24(20)40-27)19-7-4-6-17-13-37(14-23(17)19)28(39)22-12-34-29(32)35-25(22)31/h3-7,12,16H,1-2,8-10,13-14H2,(H,36,38). The molecule has 5 rings (SSSR count). The second kappa shape index (κ2) is 10.9. The van der Waals surface area contributed by atoms with Crippen molar-refractivity contribution in [3.63, 3.8) is 0 Å². The number of halogens is 3. The summed E-state index contributed by atoms with van der Waals surface area (Å²) >= 11 is 1.29. The quantitative estimate of drug-likeness (QED) is 0.182. The summed E-state index contributed by atoms with van der Waals surface area (Å²) in [7, 11) is 0. The monoisotopic (exact) mass is 561 g/mol.